The fourth-order valence-electron chi connectivity index (χ4n) is 4.47. The van der Waals surface area contributed by atoms with Crippen LogP contribution in [0.1, 0.15) is 32.1 Å². The Morgan fingerprint density at radius 1 is 1.04 bits per heavy atom. The molecule has 2 saturated heterocycles. The summed E-state index contributed by atoms with van der Waals surface area (Å²) in [4.78, 5) is 27.9. The SMILES string of the molecule is Cl.NC(=O)C1CCCN(C(=O)CN2CC3CCCC(N)C3C2)C1. The van der Waals surface area contributed by atoms with Crippen LogP contribution in [0.3, 0.4) is 0 Å². The molecule has 4 unspecified atom stereocenters. The number of nitrogens with zero attached hydrogens (tertiary/aromatic N) is 2. The molecule has 23 heavy (non-hydrogen) atoms. The second-order valence-electron chi connectivity index (χ2n) is 7.29. The van der Waals surface area contributed by atoms with Gasteiger partial charge in [-0.2, -0.15) is 0 Å². The zero-order valence-electron chi connectivity index (χ0n) is 13.7. The molecule has 2 aliphatic heterocycles. The Labute approximate surface area is 144 Å². The van der Waals surface area contributed by atoms with Gasteiger partial charge in [0.2, 0.25) is 11.8 Å². The molecule has 4 N–H and O–H groups in total. The molecule has 4 atom stereocenters. The van der Waals surface area contributed by atoms with Crippen molar-refractivity contribution < 1.29 is 9.59 Å². The van der Waals surface area contributed by atoms with E-state index in [-0.39, 0.29) is 30.1 Å². The number of hydrogen-bond donors (Lipinski definition) is 2. The third-order valence-electron chi connectivity index (χ3n) is 5.76. The van der Waals surface area contributed by atoms with Crippen LogP contribution in [0, 0.1) is 17.8 Å². The van der Waals surface area contributed by atoms with Crippen molar-refractivity contribution in [2.24, 2.45) is 29.2 Å². The molecular formula is C16H29ClN4O2. The van der Waals surface area contributed by atoms with Crippen molar-refractivity contribution in [1.29, 1.82) is 0 Å². The van der Waals surface area contributed by atoms with Gasteiger partial charge >= 0.3 is 0 Å². The van der Waals surface area contributed by atoms with Crippen molar-refractivity contribution in [3.05, 3.63) is 0 Å². The molecule has 2 heterocycles. The second kappa shape index (κ2) is 7.81. The van der Waals surface area contributed by atoms with Crippen LogP contribution in [0.15, 0.2) is 0 Å². The molecule has 0 radical (unpaired) electrons. The highest BCUT2D eigenvalue weighted by Crippen LogP contribution is 2.35. The van der Waals surface area contributed by atoms with Gasteiger partial charge in [0, 0.05) is 32.2 Å². The van der Waals surface area contributed by atoms with E-state index in [0.717, 1.165) is 38.9 Å². The van der Waals surface area contributed by atoms with Crippen molar-refractivity contribution in [2.75, 3.05) is 32.7 Å². The van der Waals surface area contributed by atoms with E-state index in [1.807, 2.05) is 4.90 Å². The first-order valence-corrected chi connectivity index (χ1v) is 8.59. The first kappa shape index (κ1) is 18.5. The summed E-state index contributed by atoms with van der Waals surface area (Å²) >= 11 is 0. The molecule has 3 fully saturated rings. The minimum atomic E-state index is -0.282. The summed E-state index contributed by atoms with van der Waals surface area (Å²) in [5.41, 5.74) is 11.6. The van der Waals surface area contributed by atoms with Gasteiger partial charge in [0.1, 0.15) is 0 Å². The van der Waals surface area contributed by atoms with Crippen LogP contribution < -0.4 is 11.5 Å². The van der Waals surface area contributed by atoms with E-state index >= 15 is 0 Å². The van der Waals surface area contributed by atoms with E-state index in [0.29, 0.717) is 31.0 Å². The summed E-state index contributed by atoms with van der Waals surface area (Å²) in [5.74, 6) is 0.902. The minimum absolute atomic E-state index is 0. The average Bonchev–Trinajstić information content (AvgIpc) is 2.91. The number of hydrogen-bond acceptors (Lipinski definition) is 4. The van der Waals surface area contributed by atoms with E-state index < -0.39 is 0 Å². The monoisotopic (exact) mass is 344 g/mol. The van der Waals surface area contributed by atoms with E-state index in [4.69, 9.17) is 11.5 Å². The summed E-state index contributed by atoms with van der Waals surface area (Å²) in [7, 11) is 0. The highest BCUT2D eigenvalue weighted by atomic mass is 35.5. The highest BCUT2D eigenvalue weighted by molar-refractivity contribution is 5.85. The molecule has 6 nitrogen and oxygen atoms in total. The Balaban J connectivity index is 0.00000192. The summed E-state index contributed by atoms with van der Waals surface area (Å²) in [6, 6.07) is 0.299. The maximum Gasteiger partial charge on any atom is 0.236 e. The lowest BCUT2D eigenvalue weighted by Gasteiger charge is -2.32. The standard InChI is InChI=1S/C16H28N4O2.ClH/c17-14-5-1-3-11-7-19(9-13(11)14)10-15(21)20-6-2-4-12(8-20)16(18)22;/h11-14H,1-10,17H2,(H2,18,22);1H. The van der Waals surface area contributed by atoms with Crippen molar-refractivity contribution in [3.63, 3.8) is 0 Å². The molecule has 0 aromatic rings. The van der Waals surface area contributed by atoms with E-state index in [9.17, 15) is 9.59 Å². The Morgan fingerprint density at radius 3 is 2.52 bits per heavy atom. The van der Waals surface area contributed by atoms with Crippen molar-refractivity contribution in [3.8, 4) is 0 Å². The van der Waals surface area contributed by atoms with Gasteiger partial charge in [-0.05, 0) is 37.5 Å². The minimum Gasteiger partial charge on any atom is -0.369 e. The Bertz CT molecular complexity index is 448. The molecule has 0 aromatic carbocycles. The summed E-state index contributed by atoms with van der Waals surface area (Å²) < 4.78 is 0. The molecule has 3 aliphatic rings. The van der Waals surface area contributed by atoms with Gasteiger partial charge in [0.25, 0.3) is 0 Å². The molecule has 132 valence electrons. The van der Waals surface area contributed by atoms with Gasteiger partial charge in [0.15, 0.2) is 0 Å². The number of piperidine rings is 1. The number of carbonyl (C=O) groups excluding carboxylic acids is 2. The van der Waals surface area contributed by atoms with Crippen LogP contribution in [0.5, 0.6) is 0 Å². The van der Waals surface area contributed by atoms with Gasteiger partial charge in [0.05, 0.1) is 12.5 Å². The summed E-state index contributed by atoms with van der Waals surface area (Å²) in [6.45, 7) is 3.66. The lowest BCUT2D eigenvalue weighted by atomic mass is 9.78. The quantitative estimate of drug-likeness (QED) is 0.764. The molecule has 3 rings (SSSR count). The van der Waals surface area contributed by atoms with E-state index in [1.54, 1.807) is 0 Å². The van der Waals surface area contributed by atoms with Gasteiger partial charge in [-0.3, -0.25) is 14.5 Å². The lowest BCUT2D eigenvalue weighted by molar-refractivity contribution is -0.135. The van der Waals surface area contributed by atoms with Gasteiger partial charge in [-0.1, -0.05) is 6.42 Å². The fraction of sp³-hybridized carbons (Fsp3) is 0.875. The van der Waals surface area contributed by atoms with Crippen LogP contribution in [0.2, 0.25) is 0 Å². The first-order valence-electron chi connectivity index (χ1n) is 8.59. The number of halogens is 1. The maximum absolute atomic E-state index is 12.5. The highest BCUT2D eigenvalue weighted by Gasteiger charge is 2.39. The van der Waals surface area contributed by atoms with Crippen molar-refractivity contribution >= 4 is 24.2 Å². The Morgan fingerprint density at radius 2 is 1.83 bits per heavy atom. The Kier molecular flexibility index (Phi) is 6.28. The summed E-state index contributed by atoms with van der Waals surface area (Å²) in [6.07, 6.45) is 5.26. The van der Waals surface area contributed by atoms with E-state index in [2.05, 4.69) is 4.90 Å². The largest absolute Gasteiger partial charge is 0.369 e. The number of rotatable bonds is 3. The summed E-state index contributed by atoms with van der Waals surface area (Å²) in [5, 5.41) is 0. The normalized spacial score (nSPS) is 34.6. The number of fused-ring (bicyclic) bond motifs is 1. The molecule has 1 saturated carbocycles. The fourth-order valence-corrected chi connectivity index (χ4v) is 4.47. The van der Waals surface area contributed by atoms with Crippen molar-refractivity contribution in [1.82, 2.24) is 9.80 Å². The van der Waals surface area contributed by atoms with Gasteiger partial charge in [-0.15, -0.1) is 12.4 Å². The zero-order valence-corrected chi connectivity index (χ0v) is 14.5. The predicted molar refractivity (Wildman–Crippen MR) is 91.0 cm³/mol. The third kappa shape index (κ3) is 4.17. The van der Waals surface area contributed by atoms with E-state index in [1.165, 1.54) is 12.8 Å². The number of carbonyl (C=O) groups is 2. The molecule has 2 amide bonds. The Hall–Kier alpha value is -0.850. The number of primary amides is 1. The molecule has 1 aliphatic carbocycles. The zero-order chi connectivity index (χ0) is 15.7. The molecular weight excluding hydrogens is 316 g/mol. The number of nitrogens with two attached hydrogens (primary N) is 2. The average molecular weight is 345 g/mol. The van der Waals surface area contributed by atoms with Crippen LogP contribution in [-0.2, 0) is 9.59 Å². The van der Waals surface area contributed by atoms with Crippen molar-refractivity contribution in [2.45, 2.75) is 38.1 Å². The van der Waals surface area contributed by atoms with Gasteiger partial charge < -0.3 is 16.4 Å². The van der Waals surface area contributed by atoms with Crippen LogP contribution >= 0.6 is 12.4 Å². The number of likely N-dealkylation sites (tertiary alicyclic amines) is 2. The first-order chi connectivity index (χ1) is 10.5. The maximum atomic E-state index is 12.5. The van der Waals surface area contributed by atoms with Gasteiger partial charge in [-0.25, -0.2) is 0 Å². The lowest BCUT2D eigenvalue weighted by Crippen LogP contribution is -2.47. The smallest absolute Gasteiger partial charge is 0.236 e. The van der Waals surface area contributed by atoms with Crippen LogP contribution in [0.25, 0.3) is 0 Å². The molecule has 0 spiro atoms. The van der Waals surface area contributed by atoms with Crippen LogP contribution in [-0.4, -0.2) is 60.4 Å². The van der Waals surface area contributed by atoms with Crippen LogP contribution in [0.4, 0.5) is 0 Å². The molecule has 7 heteroatoms. The predicted octanol–water partition coefficient (Wildman–Crippen LogP) is 0.191. The molecule has 0 aromatic heterocycles. The molecule has 0 bridgehead atoms. The topological polar surface area (TPSA) is 92.7 Å². The second-order valence-corrected chi connectivity index (χ2v) is 7.29. The third-order valence-corrected chi connectivity index (χ3v) is 5.76. The number of amides is 2.